The van der Waals surface area contributed by atoms with Crippen molar-refractivity contribution in [2.45, 2.75) is 0 Å². The first-order valence-corrected chi connectivity index (χ1v) is 6.73. The van der Waals surface area contributed by atoms with Crippen molar-refractivity contribution < 1.29 is 4.42 Å². The van der Waals surface area contributed by atoms with Crippen molar-refractivity contribution in [3.05, 3.63) is 58.4 Å². The first-order valence-electron chi connectivity index (χ1n) is 6.35. The summed E-state index contributed by atoms with van der Waals surface area (Å²) in [6, 6.07) is 4.80. The Morgan fingerprint density at radius 3 is 2.86 bits per heavy atom. The van der Waals surface area contributed by atoms with Crippen LogP contribution in [-0.4, -0.2) is 24.6 Å². The van der Waals surface area contributed by atoms with Gasteiger partial charge in [-0.05, 0) is 12.1 Å². The number of hydrogen-bond donors (Lipinski definition) is 1. The molecule has 108 valence electrons. The van der Waals surface area contributed by atoms with Gasteiger partial charge in [0.05, 0.1) is 28.2 Å². The molecule has 0 atom stereocenters. The summed E-state index contributed by atoms with van der Waals surface area (Å²) in [7, 11) is 0. The number of hydrogen-bond acceptors (Lipinski definition) is 5. The molecule has 4 aromatic rings. The van der Waals surface area contributed by atoms with Crippen LogP contribution in [0.4, 0.5) is 0 Å². The molecule has 8 heteroatoms. The number of rotatable bonds is 2. The highest BCUT2D eigenvalue weighted by atomic mass is 35.5. The molecule has 4 rings (SSSR count). The van der Waals surface area contributed by atoms with Gasteiger partial charge in [0.25, 0.3) is 5.56 Å². The maximum absolute atomic E-state index is 12.2. The third kappa shape index (κ3) is 1.99. The van der Waals surface area contributed by atoms with Crippen LogP contribution < -0.4 is 5.56 Å². The van der Waals surface area contributed by atoms with Gasteiger partial charge in [0.2, 0.25) is 5.89 Å². The molecule has 1 N–H and O–H groups in total. The molecular formula is C14H8ClN5O2. The zero-order valence-corrected chi connectivity index (χ0v) is 11.8. The number of nitrogens with zero attached hydrogens (tertiary/aromatic N) is 4. The molecule has 0 spiro atoms. The van der Waals surface area contributed by atoms with Crippen molar-refractivity contribution in [3.63, 3.8) is 0 Å². The van der Waals surface area contributed by atoms with Gasteiger partial charge >= 0.3 is 0 Å². The van der Waals surface area contributed by atoms with E-state index in [2.05, 4.69) is 20.1 Å². The number of H-pyrrole nitrogens is 1. The molecule has 0 aliphatic rings. The van der Waals surface area contributed by atoms with Gasteiger partial charge in [-0.15, -0.1) is 0 Å². The number of halogens is 1. The third-order valence-corrected chi connectivity index (χ3v) is 3.37. The van der Waals surface area contributed by atoms with Gasteiger partial charge in [-0.1, -0.05) is 11.6 Å². The highest BCUT2D eigenvalue weighted by Gasteiger charge is 2.14. The van der Waals surface area contributed by atoms with Crippen LogP contribution in [-0.2, 0) is 0 Å². The predicted octanol–water partition coefficient (Wildman–Crippen LogP) is 2.39. The van der Waals surface area contributed by atoms with E-state index in [1.165, 1.54) is 29.2 Å². The zero-order valence-electron chi connectivity index (χ0n) is 11.0. The topological polar surface area (TPSA) is 89.1 Å². The van der Waals surface area contributed by atoms with E-state index in [0.29, 0.717) is 33.5 Å². The van der Waals surface area contributed by atoms with Crippen LogP contribution in [0, 0.1) is 0 Å². The fourth-order valence-corrected chi connectivity index (χ4v) is 2.27. The Morgan fingerprint density at radius 1 is 1.23 bits per heavy atom. The van der Waals surface area contributed by atoms with Gasteiger partial charge in [0.1, 0.15) is 6.26 Å². The zero-order chi connectivity index (χ0) is 15.1. The minimum atomic E-state index is -0.255. The molecule has 0 bridgehead atoms. The van der Waals surface area contributed by atoms with Gasteiger partial charge in [-0.25, -0.2) is 14.5 Å². The van der Waals surface area contributed by atoms with Gasteiger partial charge < -0.3 is 4.42 Å². The molecule has 0 saturated carbocycles. The summed E-state index contributed by atoms with van der Waals surface area (Å²) in [6.07, 6.45) is 6.12. The second-order valence-corrected chi connectivity index (χ2v) is 4.96. The Bertz CT molecular complexity index is 1000. The van der Waals surface area contributed by atoms with Gasteiger partial charge in [-0.2, -0.15) is 0 Å². The van der Waals surface area contributed by atoms with Crippen LogP contribution in [0.5, 0.6) is 0 Å². The number of fused-ring (bicyclic) bond motifs is 1. The number of pyridine rings is 1. The van der Waals surface area contributed by atoms with Gasteiger partial charge in [0, 0.05) is 18.5 Å². The van der Waals surface area contributed by atoms with E-state index in [1.807, 2.05) is 0 Å². The van der Waals surface area contributed by atoms with E-state index in [0.717, 1.165) is 0 Å². The quantitative estimate of drug-likeness (QED) is 0.613. The van der Waals surface area contributed by atoms with Crippen molar-refractivity contribution in [3.8, 4) is 22.8 Å². The largest absolute Gasteiger partial charge is 0.444 e. The highest BCUT2D eigenvalue weighted by Crippen LogP contribution is 2.22. The van der Waals surface area contributed by atoms with Crippen LogP contribution in [0.1, 0.15) is 0 Å². The number of oxazole rings is 1. The maximum atomic E-state index is 12.2. The van der Waals surface area contributed by atoms with E-state index in [1.54, 1.807) is 18.3 Å². The van der Waals surface area contributed by atoms with E-state index >= 15 is 0 Å². The third-order valence-electron chi connectivity index (χ3n) is 3.15. The summed E-state index contributed by atoms with van der Waals surface area (Å²) in [5.74, 6) is 0.381. The number of aromatic amines is 1. The van der Waals surface area contributed by atoms with Crippen LogP contribution in [0.2, 0.25) is 5.02 Å². The Hall–Kier alpha value is -2.93. The van der Waals surface area contributed by atoms with Crippen molar-refractivity contribution in [2.75, 3.05) is 0 Å². The van der Waals surface area contributed by atoms with E-state index in [4.69, 9.17) is 16.0 Å². The van der Waals surface area contributed by atoms with E-state index in [9.17, 15) is 4.79 Å². The first-order chi connectivity index (χ1) is 10.7. The molecule has 4 heterocycles. The Labute approximate surface area is 128 Å². The molecule has 0 radical (unpaired) electrons. The van der Waals surface area contributed by atoms with Crippen molar-refractivity contribution >= 4 is 17.2 Å². The minimum absolute atomic E-state index is 0.255. The standard InChI is InChI=1S/C14H8ClN5O2/c15-8-1-2-10(17-6-8)11-5-12(21)20-13(19-11)9(7-18-20)14-16-3-4-22-14/h1-7,18H. The molecule has 0 amide bonds. The Morgan fingerprint density at radius 2 is 2.14 bits per heavy atom. The molecular weight excluding hydrogens is 306 g/mol. The number of nitrogens with one attached hydrogen (secondary N) is 1. The fourth-order valence-electron chi connectivity index (χ4n) is 2.15. The highest BCUT2D eigenvalue weighted by molar-refractivity contribution is 6.30. The molecule has 0 saturated heterocycles. The lowest BCUT2D eigenvalue weighted by Crippen LogP contribution is -2.14. The molecule has 0 aliphatic carbocycles. The van der Waals surface area contributed by atoms with E-state index < -0.39 is 0 Å². The summed E-state index contributed by atoms with van der Waals surface area (Å²) in [6.45, 7) is 0. The first kappa shape index (κ1) is 12.8. The lowest BCUT2D eigenvalue weighted by atomic mass is 10.2. The van der Waals surface area contributed by atoms with Crippen LogP contribution in [0.15, 0.2) is 52.3 Å². The SMILES string of the molecule is O=c1cc(-c2ccc(Cl)cn2)nc2c(-c3ncco3)c[nH]n12. The average Bonchev–Trinajstić information content (AvgIpc) is 3.16. The van der Waals surface area contributed by atoms with Gasteiger partial charge in [-0.3, -0.25) is 14.9 Å². The minimum Gasteiger partial charge on any atom is -0.444 e. The fraction of sp³-hybridized carbons (Fsp3) is 0. The second kappa shape index (κ2) is 4.81. The molecule has 0 fully saturated rings. The molecule has 22 heavy (non-hydrogen) atoms. The van der Waals surface area contributed by atoms with Crippen LogP contribution in [0.3, 0.4) is 0 Å². The second-order valence-electron chi connectivity index (χ2n) is 4.52. The van der Waals surface area contributed by atoms with Crippen molar-refractivity contribution in [1.82, 2.24) is 24.6 Å². The summed E-state index contributed by atoms with van der Waals surface area (Å²) < 4.78 is 6.59. The van der Waals surface area contributed by atoms with Crippen LogP contribution >= 0.6 is 11.6 Å². The van der Waals surface area contributed by atoms with Gasteiger partial charge in [0.15, 0.2) is 5.65 Å². The summed E-state index contributed by atoms with van der Waals surface area (Å²) in [5, 5.41) is 3.35. The lowest BCUT2D eigenvalue weighted by Gasteiger charge is -2.01. The lowest BCUT2D eigenvalue weighted by molar-refractivity contribution is 0.575. The van der Waals surface area contributed by atoms with Crippen LogP contribution in [0.25, 0.3) is 28.5 Å². The van der Waals surface area contributed by atoms with Crippen molar-refractivity contribution in [2.24, 2.45) is 0 Å². The molecule has 0 aliphatic heterocycles. The number of aromatic nitrogens is 5. The van der Waals surface area contributed by atoms with E-state index in [-0.39, 0.29) is 5.56 Å². The molecule has 0 aromatic carbocycles. The monoisotopic (exact) mass is 313 g/mol. The average molecular weight is 314 g/mol. The normalized spacial score (nSPS) is 11.1. The smallest absolute Gasteiger partial charge is 0.273 e. The summed E-state index contributed by atoms with van der Waals surface area (Å²) >= 11 is 5.83. The molecule has 7 nitrogen and oxygen atoms in total. The predicted molar refractivity (Wildman–Crippen MR) is 79.6 cm³/mol. The summed E-state index contributed by atoms with van der Waals surface area (Å²) in [4.78, 5) is 24.9. The molecule has 4 aromatic heterocycles. The summed E-state index contributed by atoms with van der Waals surface area (Å²) in [5.41, 5.74) is 1.77. The molecule has 0 unspecified atom stereocenters. The van der Waals surface area contributed by atoms with Crippen molar-refractivity contribution in [1.29, 1.82) is 0 Å². The Kier molecular flexibility index (Phi) is 2.80. The maximum Gasteiger partial charge on any atom is 0.273 e. The Balaban J connectivity index is 1.96.